The van der Waals surface area contributed by atoms with E-state index in [4.69, 9.17) is 0 Å². The van der Waals surface area contributed by atoms with Crippen molar-refractivity contribution < 1.29 is 4.79 Å². The van der Waals surface area contributed by atoms with E-state index >= 15 is 0 Å². The van der Waals surface area contributed by atoms with Gasteiger partial charge in [-0.3, -0.25) is 4.79 Å². The normalized spacial score (nSPS) is 11.2. The van der Waals surface area contributed by atoms with E-state index in [1.165, 1.54) is 0 Å². The average Bonchev–Trinajstić information content (AvgIpc) is 3.06. The second kappa shape index (κ2) is 5.53. The topological polar surface area (TPSA) is 51.3 Å². The van der Waals surface area contributed by atoms with E-state index in [9.17, 15) is 4.79 Å². The summed E-state index contributed by atoms with van der Waals surface area (Å²) < 4.78 is 3.95. The van der Waals surface area contributed by atoms with E-state index < -0.39 is 0 Å². The molecule has 5 heteroatoms. The fourth-order valence-corrected chi connectivity index (χ4v) is 3.09. The number of fused-ring (bicyclic) bond motifs is 2. The first-order valence-electron chi connectivity index (χ1n) is 7.90. The number of nitrogens with zero attached hydrogens (tertiary/aromatic N) is 3. The molecule has 0 saturated heterocycles. The van der Waals surface area contributed by atoms with Crippen molar-refractivity contribution in [3.8, 4) is 0 Å². The van der Waals surface area contributed by atoms with Crippen molar-refractivity contribution in [2.24, 2.45) is 0 Å². The quantitative estimate of drug-likeness (QED) is 0.628. The molecule has 3 aromatic heterocycles. The van der Waals surface area contributed by atoms with Gasteiger partial charge in [-0.25, -0.2) is 4.98 Å². The van der Waals surface area contributed by atoms with Gasteiger partial charge in [-0.1, -0.05) is 18.2 Å². The molecule has 0 radical (unpaired) electrons. The van der Waals surface area contributed by atoms with Crippen molar-refractivity contribution in [3.63, 3.8) is 0 Å². The fraction of sp³-hybridized carbons (Fsp3) is 0.158. The maximum Gasteiger partial charge on any atom is 0.244 e. The Bertz CT molecular complexity index is 1060. The molecule has 0 bridgehead atoms. The summed E-state index contributed by atoms with van der Waals surface area (Å²) in [6.45, 7) is 4.26. The predicted octanol–water partition coefficient (Wildman–Crippen LogP) is 3.54. The van der Waals surface area contributed by atoms with Crippen LogP contribution in [0.1, 0.15) is 11.4 Å². The van der Waals surface area contributed by atoms with Crippen LogP contribution >= 0.6 is 0 Å². The smallest absolute Gasteiger partial charge is 0.244 e. The minimum atomic E-state index is -0.0457. The Balaban J connectivity index is 1.57. The van der Waals surface area contributed by atoms with Gasteiger partial charge in [0.2, 0.25) is 5.91 Å². The third kappa shape index (κ3) is 2.54. The molecular weight excluding hydrogens is 300 g/mol. The van der Waals surface area contributed by atoms with E-state index in [0.717, 1.165) is 33.6 Å². The first-order chi connectivity index (χ1) is 11.6. The van der Waals surface area contributed by atoms with Gasteiger partial charge >= 0.3 is 0 Å². The molecule has 0 aliphatic rings. The van der Waals surface area contributed by atoms with Crippen molar-refractivity contribution in [1.29, 1.82) is 0 Å². The molecule has 4 aromatic rings. The van der Waals surface area contributed by atoms with Crippen molar-refractivity contribution >= 4 is 28.1 Å². The van der Waals surface area contributed by atoms with Crippen LogP contribution in [0.3, 0.4) is 0 Å². The first-order valence-corrected chi connectivity index (χ1v) is 7.90. The lowest BCUT2D eigenvalue weighted by Gasteiger charge is -2.09. The molecule has 0 saturated carbocycles. The van der Waals surface area contributed by atoms with Gasteiger partial charge < -0.3 is 14.3 Å². The molecule has 3 heterocycles. The summed E-state index contributed by atoms with van der Waals surface area (Å²) in [4.78, 5) is 16.8. The number of rotatable bonds is 3. The second-order valence-electron chi connectivity index (χ2n) is 6.04. The number of pyridine rings is 1. The molecule has 5 nitrogen and oxygen atoms in total. The van der Waals surface area contributed by atoms with Crippen LogP contribution in [0.5, 0.6) is 0 Å². The number of aromatic nitrogens is 3. The van der Waals surface area contributed by atoms with E-state index in [2.05, 4.69) is 22.4 Å². The standard InChI is InChI=1S/C19H18N4O/c1-13-10-22-11-16(7-8-18(22)20-13)21-19(24)12-23-14(2)9-15-5-3-4-6-17(15)23/h3-11H,12H2,1-2H3,(H,21,24). The molecule has 0 unspecified atom stereocenters. The van der Waals surface area contributed by atoms with Gasteiger partial charge in [-0.2, -0.15) is 0 Å². The van der Waals surface area contributed by atoms with Crippen molar-refractivity contribution in [1.82, 2.24) is 14.0 Å². The van der Waals surface area contributed by atoms with Crippen molar-refractivity contribution in [2.45, 2.75) is 20.4 Å². The molecule has 24 heavy (non-hydrogen) atoms. The fourth-order valence-electron chi connectivity index (χ4n) is 3.09. The number of para-hydroxylation sites is 1. The summed E-state index contributed by atoms with van der Waals surface area (Å²) in [6, 6.07) is 14.0. The first kappa shape index (κ1) is 14.5. The third-order valence-electron chi connectivity index (χ3n) is 4.17. The molecule has 4 rings (SSSR count). The van der Waals surface area contributed by atoms with Gasteiger partial charge in [0, 0.05) is 23.6 Å². The molecule has 1 amide bonds. The highest BCUT2D eigenvalue weighted by atomic mass is 16.1. The maximum atomic E-state index is 12.5. The molecule has 120 valence electrons. The zero-order chi connectivity index (χ0) is 16.7. The molecule has 0 aliphatic carbocycles. The summed E-state index contributed by atoms with van der Waals surface area (Å²) in [5.74, 6) is -0.0457. The maximum absolute atomic E-state index is 12.5. The molecule has 0 fully saturated rings. The minimum absolute atomic E-state index is 0.0457. The summed E-state index contributed by atoms with van der Waals surface area (Å²) in [5, 5.41) is 4.12. The molecular formula is C19H18N4O. The van der Waals surface area contributed by atoms with E-state index in [1.807, 2.05) is 65.5 Å². The van der Waals surface area contributed by atoms with Gasteiger partial charge in [0.15, 0.2) is 0 Å². The largest absolute Gasteiger partial charge is 0.335 e. The predicted molar refractivity (Wildman–Crippen MR) is 95.2 cm³/mol. The van der Waals surface area contributed by atoms with E-state index in [0.29, 0.717) is 6.54 Å². The summed E-state index contributed by atoms with van der Waals surface area (Å²) in [6.07, 6.45) is 3.82. The molecule has 1 N–H and O–H groups in total. The number of aryl methyl sites for hydroxylation is 2. The number of benzene rings is 1. The van der Waals surface area contributed by atoms with Crippen molar-refractivity contribution in [3.05, 3.63) is 66.2 Å². The van der Waals surface area contributed by atoms with Crippen LogP contribution in [0.2, 0.25) is 0 Å². The van der Waals surface area contributed by atoms with Gasteiger partial charge in [0.1, 0.15) is 12.2 Å². The number of anilines is 1. The van der Waals surface area contributed by atoms with Gasteiger partial charge in [0.25, 0.3) is 0 Å². The summed E-state index contributed by atoms with van der Waals surface area (Å²) in [7, 11) is 0. The number of amides is 1. The van der Waals surface area contributed by atoms with Crippen LogP contribution in [0.15, 0.2) is 54.9 Å². The van der Waals surface area contributed by atoms with Crippen molar-refractivity contribution in [2.75, 3.05) is 5.32 Å². The SMILES string of the molecule is Cc1cn2cc(NC(=O)Cn3c(C)cc4ccccc43)ccc2n1. The number of carbonyl (C=O) groups excluding carboxylic acids is 1. The lowest BCUT2D eigenvalue weighted by Crippen LogP contribution is -2.19. The van der Waals surface area contributed by atoms with Gasteiger partial charge in [-0.05, 0) is 43.5 Å². The zero-order valence-corrected chi connectivity index (χ0v) is 13.7. The highest BCUT2D eigenvalue weighted by Crippen LogP contribution is 2.19. The third-order valence-corrected chi connectivity index (χ3v) is 4.17. The van der Waals surface area contributed by atoms with E-state index in [1.54, 1.807) is 0 Å². The average molecular weight is 318 g/mol. The number of hydrogen-bond donors (Lipinski definition) is 1. The zero-order valence-electron chi connectivity index (χ0n) is 13.7. The summed E-state index contributed by atoms with van der Waals surface area (Å²) in [5.41, 5.74) is 4.74. The lowest BCUT2D eigenvalue weighted by atomic mass is 10.2. The Kier molecular flexibility index (Phi) is 3.34. The lowest BCUT2D eigenvalue weighted by molar-refractivity contribution is -0.116. The monoisotopic (exact) mass is 318 g/mol. The number of imidazole rings is 1. The van der Waals surface area contributed by atoms with Crippen LogP contribution in [0, 0.1) is 13.8 Å². The Hall–Kier alpha value is -3.08. The van der Waals surface area contributed by atoms with Crippen LogP contribution in [-0.4, -0.2) is 19.9 Å². The van der Waals surface area contributed by atoms with Crippen LogP contribution in [0.4, 0.5) is 5.69 Å². The Morgan fingerprint density at radius 2 is 1.96 bits per heavy atom. The highest BCUT2D eigenvalue weighted by molar-refractivity contribution is 5.92. The van der Waals surface area contributed by atoms with Gasteiger partial charge in [0.05, 0.1) is 11.4 Å². The number of carbonyl (C=O) groups is 1. The number of nitrogens with one attached hydrogen (secondary N) is 1. The molecule has 0 atom stereocenters. The minimum Gasteiger partial charge on any atom is -0.335 e. The Labute approximate surface area is 139 Å². The molecule has 0 aliphatic heterocycles. The van der Waals surface area contributed by atoms with Gasteiger partial charge in [-0.15, -0.1) is 0 Å². The van der Waals surface area contributed by atoms with Crippen LogP contribution in [0.25, 0.3) is 16.6 Å². The Morgan fingerprint density at radius 3 is 2.83 bits per heavy atom. The highest BCUT2D eigenvalue weighted by Gasteiger charge is 2.10. The van der Waals surface area contributed by atoms with Crippen LogP contribution in [-0.2, 0) is 11.3 Å². The Morgan fingerprint density at radius 1 is 1.12 bits per heavy atom. The number of hydrogen-bond acceptors (Lipinski definition) is 2. The second-order valence-corrected chi connectivity index (χ2v) is 6.04. The molecule has 0 spiro atoms. The van der Waals surface area contributed by atoms with Crippen LogP contribution < -0.4 is 5.32 Å². The summed E-state index contributed by atoms with van der Waals surface area (Å²) >= 11 is 0. The van der Waals surface area contributed by atoms with E-state index in [-0.39, 0.29) is 5.91 Å². The molecule has 1 aromatic carbocycles.